The van der Waals surface area contributed by atoms with Crippen molar-refractivity contribution in [2.24, 2.45) is 11.7 Å². The lowest BCUT2D eigenvalue weighted by Gasteiger charge is -2.33. The summed E-state index contributed by atoms with van der Waals surface area (Å²) in [6.45, 7) is 2.51. The second-order valence-corrected chi connectivity index (χ2v) is 7.48. The van der Waals surface area contributed by atoms with Crippen LogP contribution in [0.25, 0.3) is 0 Å². The molecule has 164 valence electrons. The van der Waals surface area contributed by atoms with E-state index in [1.54, 1.807) is 29.2 Å². The lowest BCUT2D eigenvalue weighted by molar-refractivity contribution is -0.172. The molecule has 1 saturated heterocycles. The number of primary amides is 1. The zero-order valence-electron chi connectivity index (χ0n) is 17.7. The Morgan fingerprint density at radius 2 is 1.48 bits per heavy atom. The van der Waals surface area contributed by atoms with Gasteiger partial charge in [-0.1, -0.05) is 60.7 Å². The van der Waals surface area contributed by atoms with Gasteiger partial charge in [0.2, 0.25) is 11.5 Å². The molecule has 1 aliphatic heterocycles. The lowest BCUT2D eigenvalue weighted by Crippen LogP contribution is -2.45. The first-order valence-electron chi connectivity index (χ1n) is 10.5. The van der Waals surface area contributed by atoms with E-state index in [4.69, 9.17) is 15.2 Å². The summed E-state index contributed by atoms with van der Waals surface area (Å²) in [4.78, 5) is 39.0. The Morgan fingerprint density at radius 1 is 0.968 bits per heavy atom. The highest BCUT2D eigenvalue weighted by atomic mass is 16.6. The molecule has 0 aliphatic carbocycles. The zero-order valence-corrected chi connectivity index (χ0v) is 17.7. The summed E-state index contributed by atoms with van der Waals surface area (Å²) in [7, 11) is 0. The van der Waals surface area contributed by atoms with Crippen molar-refractivity contribution in [2.75, 3.05) is 26.3 Å². The summed E-state index contributed by atoms with van der Waals surface area (Å²) in [5.41, 5.74) is 5.13. The van der Waals surface area contributed by atoms with Crippen LogP contribution < -0.4 is 5.73 Å². The molecule has 1 heterocycles. The molecule has 2 N–H and O–H groups in total. The van der Waals surface area contributed by atoms with E-state index in [0.29, 0.717) is 37.1 Å². The molecule has 0 aromatic heterocycles. The minimum absolute atomic E-state index is 0.214. The lowest BCUT2D eigenvalue weighted by atomic mass is 9.86. The van der Waals surface area contributed by atoms with Crippen LogP contribution in [0.4, 0.5) is 0 Å². The summed E-state index contributed by atoms with van der Waals surface area (Å²) in [6, 6.07) is 18.2. The van der Waals surface area contributed by atoms with E-state index in [0.717, 1.165) is 0 Å². The van der Waals surface area contributed by atoms with Crippen LogP contribution in [0.3, 0.4) is 0 Å². The summed E-state index contributed by atoms with van der Waals surface area (Å²) in [6.07, 6.45) is 1.04. The van der Waals surface area contributed by atoms with E-state index in [2.05, 4.69) is 0 Å². The first-order valence-corrected chi connectivity index (χ1v) is 10.5. The number of rotatable bonds is 8. The fraction of sp³-hybridized carbons (Fsp3) is 0.375. The zero-order chi connectivity index (χ0) is 22.3. The molecular weight excluding hydrogens is 396 g/mol. The highest BCUT2D eigenvalue weighted by Crippen LogP contribution is 2.35. The van der Waals surface area contributed by atoms with Crippen LogP contribution in [-0.4, -0.2) is 49.0 Å². The van der Waals surface area contributed by atoms with Crippen molar-refractivity contribution in [3.8, 4) is 0 Å². The Bertz CT molecular complexity index is 853. The molecule has 0 radical (unpaired) electrons. The normalized spacial score (nSPS) is 14.8. The number of nitrogens with zero attached hydrogens (tertiary/aromatic N) is 1. The van der Waals surface area contributed by atoms with Gasteiger partial charge in [-0.15, -0.1) is 0 Å². The van der Waals surface area contributed by atoms with Crippen molar-refractivity contribution in [1.29, 1.82) is 0 Å². The third kappa shape index (κ3) is 4.94. The Balaban J connectivity index is 1.78. The number of hydrogen-bond acceptors (Lipinski definition) is 5. The van der Waals surface area contributed by atoms with Gasteiger partial charge in [-0.2, -0.15) is 0 Å². The molecule has 0 unspecified atom stereocenters. The molecule has 2 aromatic carbocycles. The van der Waals surface area contributed by atoms with Crippen molar-refractivity contribution < 1.29 is 23.9 Å². The third-order valence-electron chi connectivity index (χ3n) is 5.59. The van der Waals surface area contributed by atoms with Crippen molar-refractivity contribution >= 4 is 17.8 Å². The van der Waals surface area contributed by atoms with Crippen molar-refractivity contribution in [3.05, 3.63) is 71.8 Å². The number of esters is 1. The van der Waals surface area contributed by atoms with E-state index >= 15 is 0 Å². The molecule has 1 fully saturated rings. The van der Waals surface area contributed by atoms with Gasteiger partial charge in [0.15, 0.2) is 6.61 Å². The number of benzene rings is 2. The molecule has 2 amide bonds. The van der Waals surface area contributed by atoms with Gasteiger partial charge in [0.1, 0.15) is 0 Å². The average molecular weight is 424 g/mol. The maximum absolute atomic E-state index is 13.4. The number of nitrogens with two attached hydrogens (primary N) is 1. The number of ether oxygens (including phenoxy) is 2. The average Bonchev–Trinajstić information content (AvgIpc) is 2.82. The molecule has 7 nitrogen and oxygen atoms in total. The molecule has 31 heavy (non-hydrogen) atoms. The van der Waals surface area contributed by atoms with E-state index in [1.165, 1.54) is 0 Å². The molecule has 1 aliphatic rings. The fourth-order valence-corrected chi connectivity index (χ4v) is 3.92. The summed E-state index contributed by atoms with van der Waals surface area (Å²) >= 11 is 0. The summed E-state index contributed by atoms with van der Waals surface area (Å²) < 4.78 is 11.5. The molecule has 0 bridgehead atoms. The molecule has 2 aromatic rings. The molecule has 7 heteroatoms. The number of piperidine rings is 1. The Kier molecular flexibility index (Phi) is 7.41. The SMILES string of the molecule is CCOC(C(=O)OCC(=O)N1CCC(C(N)=O)CC1)(c1ccccc1)c1ccccc1. The molecular formula is C24H28N2O5. The van der Waals surface area contributed by atoms with Crippen LogP contribution in [0.5, 0.6) is 0 Å². The Labute approximate surface area is 182 Å². The van der Waals surface area contributed by atoms with Crippen molar-refractivity contribution in [1.82, 2.24) is 4.90 Å². The van der Waals surface area contributed by atoms with Crippen LogP contribution in [0.15, 0.2) is 60.7 Å². The van der Waals surface area contributed by atoms with Crippen molar-refractivity contribution in [2.45, 2.75) is 25.4 Å². The predicted molar refractivity (Wildman–Crippen MR) is 115 cm³/mol. The van der Waals surface area contributed by atoms with Gasteiger partial charge in [-0.3, -0.25) is 9.59 Å². The first kappa shape index (κ1) is 22.5. The maximum atomic E-state index is 13.4. The largest absolute Gasteiger partial charge is 0.453 e. The van der Waals surface area contributed by atoms with Gasteiger partial charge >= 0.3 is 5.97 Å². The molecule has 3 rings (SSSR count). The second-order valence-electron chi connectivity index (χ2n) is 7.48. The minimum Gasteiger partial charge on any atom is -0.453 e. The minimum atomic E-state index is -1.48. The van der Waals surface area contributed by atoms with Gasteiger partial charge in [0.05, 0.1) is 0 Å². The smallest absolute Gasteiger partial charge is 0.348 e. The summed E-state index contributed by atoms with van der Waals surface area (Å²) in [5.74, 6) is -1.51. The third-order valence-corrected chi connectivity index (χ3v) is 5.59. The van der Waals surface area contributed by atoms with E-state index in [1.807, 2.05) is 43.3 Å². The standard InChI is InChI=1S/C24H28N2O5/c1-2-31-24(19-9-5-3-6-10-19,20-11-7-4-8-12-20)23(29)30-17-21(27)26-15-13-18(14-16-26)22(25)28/h3-12,18H,2,13-17H2,1H3,(H2,25,28). The highest BCUT2D eigenvalue weighted by Gasteiger charge is 2.45. The number of amides is 2. The second kappa shape index (κ2) is 10.2. The number of likely N-dealkylation sites (tertiary alicyclic amines) is 1. The van der Waals surface area contributed by atoms with Crippen LogP contribution in [0.1, 0.15) is 30.9 Å². The molecule has 0 saturated carbocycles. The topological polar surface area (TPSA) is 98.9 Å². The van der Waals surface area contributed by atoms with Gasteiger partial charge in [0, 0.05) is 25.6 Å². The highest BCUT2D eigenvalue weighted by molar-refractivity contribution is 5.88. The van der Waals surface area contributed by atoms with Crippen molar-refractivity contribution in [3.63, 3.8) is 0 Å². The van der Waals surface area contributed by atoms with Gasteiger partial charge in [-0.05, 0) is 30.9 Å². The van der Waals surface area contributed by atoms with Gasteiger partial charge in [-0.25, -0.2) is 4.79 Å². The van der Waals surface area contributed by atoms with Gasteiger partial charge < -0.3 is 20.1 Å². The number of hydrogen-bond donors (Lipinski definition) is 1. The quantitative estimate of drug-likeness (QED) is 0.655. The monoisotopic (exact) mass is 424 g/mol. The van der Waals surface area contributed by atoms with Crippen LogP contribution in [0.2, 0.25) is 0 Å². The first-order chi connectivity index (χ1) is 15.0. The maximum Gasteiger partial charge on any atom is 0.348 e. The predicted octanol–water partition coefficient (Wildman–Crippen LogP) is 2.23. The van der Waals surface area contributed by atoms with Crippen LogP contribution >= 0.6 is 0 Å². The van der Waals surface area contributed by atoms with E-state index in [-0.39, 0.29) is 24.3 Å². The van der Waals surface area contributed by atoms with E-state index < -0.39 is 18.2 Å². The number of carbonyl (C=O) groups excluding carboxylic acids is 3. The Morgan fingerprint density at radius 3 is 1.94 bits per heavy atom. The summed E-state index contributed by atoms with van der Waals surface area (Å²) in [5, 5.41) is 0. The molecule has 0 atom stereocenters. The van der Waals surface area contributed by atoms with Gasteiger partial charge in [0.25, 0.3) is 5.91 Å². The number of carbonyl (C=O) groups is 3. The van der Waals surface area contributed by atoms with E-state index in [9.17, 15) is 14.4 Å². The fourth-order valence-electron chi connectivity index (χ4n) is 3.92. The van der Waals surface area contributed by atoms with Crippen LogP contribution in [-0.2, 0) is 29.5 Å². The Hall–Kier alpha value is -3.19. The molecule has 0 spiro atoms. The van der Waals surface area contributed by atoms with Crippen LogP contribution in [0, 0.1) is 5.92 Å².